The van der Waals surface area contributed by atoms with Crippen molar-refractivity contribution in [1.29, 1.82) is 0 Å². The Bertz CT molecular complexity index is 603. The van der Waals surface area contributed by atoms with Gasteiger partial charge in [0.05, 0.1) is 19.1 Å². The summed E-state index contributed by atoms with van der Waals surface area (Å²) < 4.78 is 17.3. The predicted molar refractivity (Wildman–Crippen MR) is 109 cm³/mol. The molecule has 0 saturated heterocycles. The molecule has 0 N–H and O–H groups in total. The van der Waals surface area contributed by atoms with Gasteiger partial charge < -0.3 is 13.8 Å². The third-order valence-corrected chi connectivity index (χ3v) is 5.61. The van der Waals surface area contributed by atoms with Crippen molar-refractivity contribution in [3.05, 3.63) is 28.8 Å². The molecule has 0 spiro atoms. The minimum absolute atomic E-state index is 0.0973. The Morgan fingerprint density at radius 1 is 1.12 bits per heavy atom. The Morgan fingerprint density at radius 2 is 1.73 bits per heavy atom. The van der Waals surface area contributed by atoms with E-state index in [9.17, 15) is 4.79 Å². The minimum atomic E-state index is -0.992. The van der Waals surface area contributed by atoms with Crippen LogP contribution in [0, 0.1) is 13.8 Å². The van der Waals surface area contributed by atoms with Gasteiger partial charge in [-0.15, -0.1) is 0 Å². The maximum absolute atomic E-state index is 12.4. The highest BCUT2D eigenvalue weighted by atomic mass is 31.2. The van der Waals surface area contributed by atoms with E-state index in [2.05, 4.69) is 47.6 Å². The van der Waals surface area contributed by atoms with Crippen molar-refractivity contribution < 1.29 is 18.6 Å². The van der Waals surface area contributed by atoms with E-state index in [4.69, 9.17) is 13.8 Å². The summed E-state index contributed by atoms with van der Waals surface area (Å²) in [7, 11) is -0.992. The second-order valence-corrected chi connectivity index (χ2v) is 10.4. The Kier molecular flexibility index (Phi) is 8.72. The van der Waals surface area contributed by atoms with E-state index >= 15 is 0 Å². The van der Waals surface area contributed by atoms with Gasteiger partial charge >= 0.3 is 5.97 Å². The Hall–Kier alpha value is -0.960. The fourth-order valence-electron chi connectivity index (χ4n) is 2.54. The molecule has 0 bridgehead atoms. The summed E-state index contributed by atoms with van der Waals surface area (Å²) in [4.78, 5) is 12.4. The molecule has 0 aliphatic heterocycles. The van der Waals surface area contributed by atoms with Crippen LogP contribution >= 0.6 is 8.38 Å². The fourth-order valence-corrected chi connectivity index (χ4v) is 3.83. The molecule has 1 atom stereocenters. The number of carbonyl (C=O) groups is 1. The molecule has 1 unspecified atom stereocenters. The molecule has 1 aromatic carbocycles. The van der Waals surface area contributed by atoms with Gasteiger partial charge in [-0.1, -0.05) is 52.3 Å². The lowest BCUT2D eigenvalue weighted by atomic mass is 9.84. The number of ether oxygens (including phenoxy) is 1. The van der Waals surface area contributed by atoms with Crippen molar-refractivity contribution >= 4 is 14.3 Å². The predicted octanol–water partition coefficient (Wildman–Crippen LogP) is 6.06. The average Bonchev–Trinajstić information content (AvgIpc) is 2.47. The molecule has 5 heteroatoms. The number of aryl methyl sites for hydroxylation is 2. The quantitative estimate of drug-likeness (QED) is 0.311. The molecule has 4 nitrogen and oxygen atoms in total. The van der Waals surface area contributed by atoms with Crippen LogP contribution in [0.3, 0.4) is 0 Å². The highest BCUT2D eigenvalue weighted by Gasteiger charge is 2.23. The number of benzene rings is 1. The van der Waals surface area contributed by atoms with Crippen LogP contribution in [0.1, 0.15) is 71.6 Å². The van der Waals surface area contributed by atoms with Crippen LogP contribution in [0.2, 0.25) is 0 Å². The van der Waals surface area contributed by atoms with Crippen LogP contribution in [0.5, 0.6) is 5.75 Å². The van der Waals surface area contributed by atoms with Crippen molar-refractivity contribution in [1.82, 2.24) is 0 Å². The molecule has 0 fully saturated rings. The molecule has 1 rings (SSSR count). The number of esters is 1. The number of carbonyl (C=O) groups excluding carboxylic acids is 1. The molecule has 0 aromatic heterocycles. The summed E-state index contributed by atoms with van der Waals surface area (Å²) in [6.45, 7) is 18.8. The lowest BCUT2D eigenvalue weighted by molar-refractivity contribution is -0.135. The molecular weight excluding hydrogens is 347 g/mol. The Balaban J connectivity index is 2.74. The standard InChI is InChI=1S/C21H35O4P/c1-14(2)25-26(15(3)4)23-11-10-19(22)24-20-17(6)12-16(5)13-18(20)21(7,8)9/h12-15H,10-11H2,1-9H3. The van der Waals surface area contributed by atoms with Crippen molar-refractivity contribution in [2.75, 3.05) is 6.61 Å². The van der Waals surface area contributed by atoms with Gasteiger partial charge in [0.25, 0.3) is 0 Å². The van der Waals surface area contributed by atoms with Gasteiger partial charge in [-0.25, -0.2) is 0 Å². The molecule has 0 amide bonds. The van der Waals surface area contributed by atoms with Crippen LogP contribution in [-0.4, -0.2) is 24.3 Å². The zero-order valence-electron chi connectivity index (χ0n) is 17.8. The lowest BCUT2D eigenvalue weighted by Crippen LogP contribution is -2.18. The largest absolute Gasteiger partial charge is 0.426 e. The van der Waals surface area contributed by atoms with Crippen LogP contribution in [-0.2, 0) is 19.3 Å². The van der Waals surface area contributed by atoms with Crippen LogP contribution in [0.25, 0.3) is 0 Å². The molecule has 0 saturated carbocycles. The summed E-state index contributed by atoms with van der Waals surface area (Å²) in [5, 5.41) is 0. The maximum Gasteiger partial charge on any atom is 0.313 e. The number of hydrogen-bond donors (Lipinski definition) is 0. The van der Waals surface area contributed by atoms with Gasteiger partial charge in [0.1, 0.15) is 5.75 Å². The highest BCUT2D eigenvalue weighted by Crippen LogP contribution is 2.44. The summed E-state index contributed by atoms with van der Waals surface area (Å²) in [6.07, 6.45) is 0.323. The van der Waals surface area contributed by atoms with Crippen molar-refractivity contribution in [2.24, 2.45) is 0 Å². The number of rotatable bonds is 8. The monoisotopic (exact) mass is 382 g/mol. The molecule has 148 valence electrons. The second-order valence-electron chi connectivity index (χ2n) is 8.30. The van der Waals surface area contributed by atoms with Crippen molar-refractivity contribution in [2.45, 2.75) is 85.9 Å². The summed E-state index contributed by atoms with van der Waals surface area (Å²) >= 11 is 0. The molecule has 26 heavy (non-hydrogen) atoms. The lowest BCUT2D eigenvalue weighted by Gasteiger charge is -2.25. The van der Waals surface area contributed by atoms with Gasteiger partial charge in [0.2, 0.25) is 0 Å². The Morgan fingerprint density at radius 3 is 2.23 bits per heavy atom. The van der Waals surface area contributed by atoms with Gasteiger partial charge in [0.15, 0.2) is 8.38 Å². The van der Waals surface area contributed by atoms with Gasteiger partial charge in [0, 0.05) is 11.2 Å². The molecule has 1 aromatic rings. The molecule has 0 aliphatic rings. The van der Waals surface area contributed by atoms with Crippen LogP contribution < -0.4 is 4.74 Å². The first-order valence-electron chi connectivity index (χ1n) is 9.33. The Labute approximate surface area is 160 Å². The third kappa shape index (κ3) is 7.34. The van der Waals surface area contributed by atoms with E-state index in [0.717, 1.165) is 11.1 Å². The average molecular weight is 382 g/mol. The van der Waals surface area contributed by atoms with E-state index in [0.29, 0.717) is 12.4 Å². The first kappa shape index (κ1) is 23.1. The smallest absolute Gasteiger partial charge is 0.313 e. The van der Waals surface area contributed by atoms with Crippen molar-refractivity contribution in [3.63, 3.8) is 0 Å². The summed E-state index contributed by atoms with van der Waals surface area (Å²) in [6, 6.07) is 4.14. The zero-order valence-corrected chi connectivity index (χ0v) is 18.7. The first-order chi connectivity index (χ1) is 11.9. The van der Waals surface area contributed by atoms with E-state index in [-0.39, 0.29) is 29.6 Å². The number of hydrogen-bond acceptors (Lipinski definition) is 4. The summed E-state index contributed by atoms with van der Waals surface area (Å²) in [5.74, 6) is 0.406. The second kappa shape index (κ2) is 9.82. The normalized spacial score (nSPS) is 13.3. The topological polar surface area (TPSA) is 44.8 Å². The molecule has 0 radical (unpaired) electrons. The summed E-state index contributed by atoms with van der Waals surface area (Å²) in [5.41, 5.74) is 3.40. The van der Waals surface area contributed by atoms with E-state index in [1.54, 1.807) is 0 Å². The fraction of sp³-hybridized carbons (Fsp3) is 0.667. The van der Waals surface area contributed by atoms with Gasteiger partial charge in [-0.3, -0.25) is 4.79 Å². The van der Waals surface area contributed by atoms with E-state index < -0.39 is 8.38 Å². The van der Waals surface area contributed by atoms with Gasteiger partial charge in [-0.2, -0.15) is 0 Å². The third-order valence-electron chi connectivity index (χ3n) is 3.70. The van der Waals surface area contributed by atoms with E-state index in [1.807, 2.05) is 26.8 Å². The van der Waals surface area contributed by atoms with Crippen LogP contribution in [0.4, 0.5) is 0 Å². The molecular formula is C21H35O4P. The van der Waals surface area contributed by atoms with Gasteiger partial charge in [-0.05, 0) is 38.7 Å². The maximum atomic E-state index is 12.4. The zero-order chi connectivity index (χ0) is 20.1. The van der Waals surface area contributed by atoms with E-state index in [1.165, 1.54) is 5.56 Å². The van der Waals surface area contributed by atoms with Crippen LogP contribution in [0.15, 0.2) is 12.1 Å². The molecule has 0 aliphatic carbocycles. The van der Waals surface area contributed by atoms with Crippen molar-refractivity contribution in [3.8, 4) is 5.75 Å². The SMILES string of the molecule is Cc1cc(C)c(OC(=O)CCOP(OC(C)C)C(C)C)c(C(C)(C)C)c1. The minimum Gasteiger partial charge on any atom is -0.426 e. The first-order valence-corrected chi connectivity index (χ1v) is 10.6. The highest BCUT2D eigenvalue weighted by molar-refractivity contribution is 7.48. The molecule has 0 heterocycles.